The van der Waals surface area contributed by atoms with E-state index in [1.807, 2.05) is 32.6 Å². The zero-order chi connectivity index (χ0) is 35.8. The van der Waals surface area contributed by atoms with Gasteiger partial charge in [-0.15, -0.1) is 4.94 Å². The van der Waals surface area contributed by atoms with Crippen molar-refractivity contribution in [2.45, 2.75) is 212 Å². The van der Waals surface area contributed by atoms with Crippen LogP contribution in [0.4, 0.5) is 44.3 Å². The summed E-state index contributed by atoms with van der Waals surface area (Å²) in [5.74, 6) is 0. The van der Waals surface area contributed by atoms with Crippen molar-refractivity contribution in [3.63, 3.8) is 0 Å². The number of halogens is 10. The molecule has 0 amide bonds. The Morgan fingerprint density at radius 2 is 0.770 bits per heavy atom. The molecule has 0 saturated heterocycles. The molecule has 0 saturated carbocycles. The van der Waals surface area contributed by atoms with E-state index in [4.69, 9.17) is 18.9 Å². The predicted octanol–water partition coefficient (Wildman–Crippen LogP) is 19.9. The summed E-state index contributed by atoms with van der Waals surface area (Å²) in [5, 5.41) is 0. The van der Waals surface area contributed by atoms with E-state index >= 15 is 0 Å². The molecule has 0 aromatic carbocycles. The van der Waals surface area contributed by atoms with E-state index in [1.54, 1.807) is 7.11 Å². The number of hydrogen-bond donors (Lipinski definition) is 0. The van der Waals surface area contributed by atoms with Crippen LogP contribution in [0.25, 0.3) is 0 Å². The predicted molar refractivity (Wildman–Crippen MR) is 262 cm³/mol. The Balaban J connectivity index is -0.0000000115. The number of rotatable bonds is 20. The van der Waals surface area contributed by atoms with Gasteiger partial charge in [-0.1, -0.05) is 160 Å². The van der Waals surface area contributed by atoms with Crippen LogP contribution in [0, 0.1) is 0 Å². The van der Waals surface area contributed by atoms with Crippen molar-refractivity contribution in [3.05, 3.63) is 0 Å². The molecule has 0 bridgehead atoms. The van der Waals surface area contributed by atoms with Gasteiger partial charge in [-0.05, 0) is 53.1 Å². The standard InChI is InChI=1S/C8H18O2.C5H11FO.C5H12O.C4H9FO.C2H2F4O.2CH2F2O.17CH4/c1-4-5-6-10-7-8(2)9-3;1-2-4-7-5-3-6;1-3-5-6-4-2;1-2-3-6-4-5;3-1-2(4,5)7-6;2*2-1-4-3;;;;;;;;;;;;;;;;;/h8H,4-7H2,1-3H3;2-5H2,1H3;3-5H2,1-2H3;2-4H2,1H3;1H2;2*1H2;17*1H4. The van der Waals surface area contributed by atoms with Crippen molar-refractivity contribution in [1.29, 1.82) is 0 Å². The Labute approximate surface area is 381 Å². The molecule has 0 rings (SSSR count). The molecule has 0 heterocycles. The number of alkyl halides is 7. The summed E-state index contributed by atoms with van der Waals surface area (Å²) in [6.45, 7) is 11.2. The molecule has 0 spiro atoms. The first-order chi connectivity index (χ1) is 21.0. The van der Waals surface area contributed by atoms with Gasteiger partial charge >= 0.3 is 6.11 Å². The van der Waals surface area contributed by atoms with Crippen molar-refractivity contribution in [2.75, 3.05) is 87.3 Å². The Morgan fingerprint density at radius 3 is 0.934 bits per heavy atom. The second-order valence-electron chi connectivity index (χ2n) is 7.27. The summed E-state index contributed by atoms with van der Waals surface area (Å²) < 4.78 is 129. The molecule has 61 heavy (non-hydrogen) atoms. The lowest BCUT2D eigenvalue weighted by Crippen LogP contribution is -2.18. The van der Waals surface area contributed by atoms with Crippen molar-refractivity contribution in [3.8, 4) is 0 Å². The summed E-state index contributed by atoms with van der Waals surface area (Å²) in [6.07, 6.45) is 1.33. The minimum atomic E-state index is -4.25. The quantitative estimate of drug-likeness (QED) is 0.0883. The SMILES string of the molecule is C.C.C.C.C.C.C.C.C.C.C.C.C.C.C.C.C.CCCCOCC(C)OC.CCCOCC.CCCOCCF.CCCOCF.FCC(F)(F)OF.FCOF.FCOF. The highest BCUT2D eigenvalue weighted by atomic mass is 19.4. The Morgan fingerprint density at radius 1 is 0.443 bits per heavy atom. The third-order valence-electron chi connectivity index (χ3n) is 3.30. The zero-order valence-electron chi connectivity index (χ0n) is 27.1. The van der Waals surface area contributed by atoms with Crippen LogP contribution >= 0.6 is 0 Å². The van der Waals surface area contributed by atoms with Gasteiger partial charge in [0.05, 0.1) is 19.3 Å². The first-order valence-corrected chi connectivity index (χ1v) is 13.8. The molecule has 0 fully saturated rings. The lowest BCUT2D eigenvalue weighted by Gasteiger charge is -2.08. The average Bonchev–Trinajstić information content (AvgIpc) is 3.06. The maximum absolute atomic E-state index is 11.2. The Kier molecular flexibility index (Phi) is 482. The normalized spacial score (nSPS) is 7.43. The fourth-order valence-corrected chi connectivity index (χ4v) is 1.37. The van der Waals surface area contributed by atoms with E-state index in [0.29, 0.717) is 13.2 Å². The minimum Gasteiger partial charge on any atom is -0.382 e. The third-order valence-corrected chi connectivity index (χ3v) is 3.30. The molecule has 1 unspecified atom stereocenters. The fourth-order valence-electron chi connectivity index (χ4n) is 1.37. The van der Waals surface area contributed by atoms with E-state index in [1.165, 1.54) is 6.42 Å². The van der Waals surface area contributed by atoms with Crippen molar-refractivity contribution in [2.24, 2.45) is 0 Å². The summed E-state index contributed by atoms with van der Waals surface area (Å²) in [4.78, 5) is 6.63. The number of ether oxygens (including phenoxy) is 5. The van der Waals surface area contributed by atoms with Crippen LogP contribution < -0.4 is 0 Å². The van der Waals surface area contributed by atoms with E-state index in [2.05, 4.69) is 28.5 Å². The highest BCUT2D eigenvalue weighted by Crippen LogP contribution is 2.14. The molecule has 0 aliphatic carbocycles. The molecule has 0 aliphatic rings. The molecule has 414 valence electrons. The van der Waals surface area contributed by atoms with Crippen molar-refractivity contribution < 1.29 is 82.8 Å². The molecular weight excluding hydrogens is 834 g/mol. The van der Waals surface area contributed by atoms with Crippen LogP contribution in [0.15, 0.2) is 0 Å². The van der Waals surface area contributed by atoms with E-state index < -0.39 is 33.4 Å². The second kappa shape index (κ2) is 182. The summed E-state index contributed by atoms with van der Waals surface area (Å²) in [7, 11) is 1.70. The molecule has 1 atom stereocenters. The Bertz CT molecular complexity index is 379. The van der Waals surface area contributed by atoms with Gasteiger partial charge in [-0.3, -0.25) is 0 Å². The van der Waals surface area contributed by atoms with Gasteiger partial charge in [-0.25, -0.2) is 22.0 Å². The maximum atomic E-state index is 11.2. The van der Waals surface area contributed by atoms with Crippen LogP contribution in [-0.2, 0) is 38.5 Å². The molecule has 18 heteroatoms. The first kappa shape index (κ1) is 161. The molecule has 0 aromatic heterocycles. The largest absolute Gasteiger partial charge is 0.413 e. The number of hydrogen-bond acceptors (Lipinski definition) is 8. The van der Waals surface area contributed by atoms with E-state index in [9.17, 15) is 44.3 Å². The van der Waals surface area contributed by atoms with Gasteiger partial charge in [0.25, 0.3) is 0 Å². The average molecular weight is 959 g/mol. The summed E-state index contributed by atoms with van der Waals surface area (Å²) in [6, 6.07) is 0. The number of methoxy groups -OCH3 is 1. The van der Waals surface area contributed by atoms with Crippen LogP contribution in [0.1, 0.15) is 200 Å². The molecule has 8 nitrogen and oxygen atoms in total. The van der Waals surface area contributed by atoms with Crippen LogP contribution in [-0.4, -0.2) is 99.5 Å². The van der Waals surface area contributed by atoms with Crippen LogP contribution in [0.5, 0.6) is 0 Å². The topological polar surface area (TPSA) is 73.8 Å². The van der Waals surface area contributed by atoms with Gasteiger partial charge in [0.1, 0.15) is 6.67 Å². The van der Waals surface area contributed by atoms with Gasteiger partial charge in [0.15, 0.2) is 13.5 Å². The zero-order valence-corrected chi connectivity index (χ0v) is 27.1. The van der Waals surface area contributed by atoms with Gasteiger partial charge in [0.2, 0.25) is 13.7 Å². The molecule has 0 aromatic rings. The number of unbranched alkanes of at least 4 members (excludes halogenated alkanes) is 1. The van der Waals surface area contributed by atoms with Gasteiger partial charge < -0.3 is 23.7 Å². The summed E-state index contributed by atoms with van der Waals surface area (Å²) >= 11 is 0. The highest BCUT2D eigenvalue weighted by molar-refractivity contribution is 4.44. The van der Waals surface area contributed by atoms with Crippen LogP contribution in [0.2, 0.25) is 0 Å². The first-order valence-electron chi connectivity index (χ1n) is 13.8. The molecule has 0 N–H and O–H groups in total. The molecule has 0 radical (unpaired) electrons. The second-order valence-corrected chi connectivity index (χ2v) is 7.27. The van der Waals surface area contributed by atoms with Crippen LogP contribution in [0.3, 0.4) is 0 Å². The summed E-state index contributed by atoms with van der Waals surface area (Å²) in [5.41, 5.74) is 0. The smallest absolute Gasteiger partial charge is 0.382 e. The molecule has 0 aliphatic heterocycles. The van der Waals surface area contributed by atoms with Crippen molar-refractivity contribution in [1.82, 2.24) is 0 Å². The maximum Gasteiger partial charge on any atom is 0.413 e. The van der Waals surface area contributed by atoms with Gasteiger partial charge in [0, 0.05) is 40.1 Å². The fraction of sp³-hybridized carbons (Fsp3) is 1.00. The monoisotopic (exact) mass is 959 g/mol. The third kappa shape index (κ3) is 307. The van der Waals surface area contributed by atoms with E-state index in [0.717, 1.165) is 52.1 Å². The minimum absolute atomic E-state index is 0. The van der Waals surface area contributed by atoms with Crippen molar-refractivity contribution >= 4 is 0 Å². The van der Waals surface area contributed by atoms with E-state index in [-0.39, 0.29) is 146 Å². The highest BCUT2D eigenvalue weighted by Gasteiger charge is 2.31. The lowest BCUT2D eigenvalue weighted by atomic mass is 10.3. The Hall–Kier alpha value is -1.02. The lowest BCUT2D eigenvalue weighted by molar-refractivity contribution is -0.357. The van der Waals surface area contributed by atoms with Gasteiger partial charge in [-0.2, -0.15) is 18.7 Å². The molecular formula is C43H124F10O8.